The number of methoxy groups -OCH3 is 2. The summed E-state index contributed by atoms with van der Waals surface area (Å²) in [5, 5.41) is 0. The van der Waals surface area contributed by atoms with Gasteiger partial charge in [-0.2, -0.15) is 0 Å². The zero-order chi connectivity index (χ0) is 18.0. The van der Waals surface area contributed by atoms with Crippen molar-refractivity contribution in [3.8, 4) is 22.6 Å². The maximum atomic E-state index is 6.06. The Bertz CT molecular complexity index is 781. The van der Waals surface area contributed by atoms with Gasteiger partial charge in [-0.05, 0) is 48.2 Å². The minimum absolute atomic E-state index is 0.310. The predicted octanol–water partition coefficient (Wildman–Crippen LogP) is 3.24. The summed E-state index contributed by atoms with van der Waals surface area (Å²) in [5.74, 6) is 2.13. The maximum absolute atomic E-state index is 6.06. The highest BCUT2D eigenvalue weighted by Gasteiger charge is 2.31. The Morgan fingerprint density at radius 2 is 1.72 bits per heavy atom. The smallest absolute Gasteiger partial charge is 0.191 e. The van der Waals surface area contributed by atoms with E-state index < -0.39 is 0 Å². The average molecular weight is 339 g/mol. The number of guanidine groups is 1. The summed E-state index contributed by atoms with van der Waals surface area (Å²) in [4.78, 5) is 6.72. The van der Waals surface area contributed by atoms with Crippen LogP contribution < -0.4 is 15.2 Å². The van der Waals surface area contributed by atoms with Gasteiger partial charge in [0.25, 0.3) is 0 Å². The molecule has 1 unspecified atom stereocenters. The molecule has 2 aromatic carbocycles. The Hall–Kier alpha value is -2.69. The fraction of sp³-hybridized carbons (Fsp3) is 0.350. The van der Waals surface area contributed by atoms with Crippen LogP contribution in [0.4, 0.5) is 0 Å². The van der Waals surface area contributed by atoms with Gasteiger partial charge in [-0.1, -0.05) is 18.2 Å². The second kappa shape index (κ2) is 6.67. The van der Waals surface area contributed by atoms with Crippen LogP contribution in [-0.4, -0.2) is 38.7 Å². The zero-order valence-electron chi connectivity index (χ0n) is 15.2. The topological polar surface area (TPSA) is 60.1 Å². The molecule has 5 heteroatoms. The van der Waals surface area contributed by atoms with Gasteiger partial charge in [0, 0.05) is 19.7 Å². The van der Waals surface area contributed by atoms with E-state index in [1.807, 2.05) is 30.1 Å². The summed E-state index contributed by atoms with van der Waals surface area (Å²) < 4.78 is 10.8. The highest BCUT2D eigenvalue weighted by atomic mass is 16.5. The Kier molecular flexibility index (Phi) is 4.57. The summed E-state index contributed by atoms with van der Waals surface area (Å²) >= 11 is 0. The summed E-state index contributed by atoms with van der Waals surface area (Å²) in [7, 11) is 5.29. The van der Waals surface area contributed by atoms with Gasteiger partial charge in [-0.3, -0.25) is 0 Å². The van der Waals surface area contributed by atoms with E-state index in [9.17, 15) is 0 Å². The van der Waals surface area contributed by atoms with Gasteiger partial charge in [0.1, 0.15) is 11.5 Å². The number of benzene rings is 2. The highest BCUT2D eigenvalue weighted by molar-refractivity contribution is 5.79. The molecule has 0 saturated carbocycles. The number of hydrogen-bond donors (Lipinski definition) is 1. The van der Waals surface area contributed by atoms with Gasteiger partial charge < -0.3 is 20.1 Å². The molecule has 1 atom stereocenters. The first kappa shape index (κ1) is 17.1. The van der Waals surface area contributed by atoms with E-state index in [1.54, 1.807) is 14.2 Å². The zero-order valence-corrected chi connectivity index (χ0v) is 15.2. The SMILES string of the molecule is COc1cc(OC)cc(-c2cccc(C3(C)CCN(C)C(N)=N3)c2)c1. The van der Waals surface area contributed by atoms with Gasteiger partial charge in [-0.25, -0.2) is 4.99 Å². The van der Waals surface area contributed by atoms with E-state index in [0.29, 0.717) is 5.96 Å². The van der Waals surface area contributed by atoms with Crippen LogP contribution in [-0.2, 0) is 5.54 Å². The molecule has 1 aliphatic heterocycles. The Morgan fingerprint density at radius 1 is 1.04 bits per heavy atom. The van der Waals surface area contributed by atoms with Crippen molar-refractivity contribution in [2.45, 2.75) is 18.9 Å². The van der Waals surface area contributed by atoms with Crippen LogP contribution in [0.3, 0.4) is 0 Å². The van der Waals surface area contributed by atoms with Crippen molar-refractivity contribution in [2.24, 2.45) is 10.7 Å². The number of ether oxygens (including phenoxy) is 2. The standard InChI is InChI=1S/C20H25N3O2/c1-20(8-9-23(2)19(21)22-20)16-7-5-6-14(10-16)15-11-17(24-3)13-18(12-15)25-4/h5-7,10-13H,8-9H2,1-4H3,(H2,21,22). The largest absolute Gasteiger partial charge is 0.497 e. The van der Waals surface area contributed by atoms with Crippen LogP contribution in [0.5, 0.6) is 11.5 Å². The highest BCUT2D eigenvalue weighted by Crippen LogP contribution is 2.36. The van der Waals surface area contributed by atoms with Crippen molar-refractivity contribution in [3.05, 3.63) is 48.0 Å². The lowest BCUT2D eigenvalue weighted by atomic mass is 9.86. The monoisotopic (exact) mass is 339 g/mol. The molecule has 1 aliphatic rings. The van der Waals surface area contributed by atoms with E-state index in [0.717, 1.165) is 41.2 Å². The minimum atomic E-state index is -0.310. The molecule has 0 bridgehead atoms. The van der Waals surface area contributed by atoms with Crippen molar-refractivity contribution in [1.82, 2.24) is 4.90 Å². The van der Waals surface area contributed by atoms with E-state index in [1.165, 1.54) is 0 Å². The maximum Gasteiger partial charge on any atom is 0.191 e. The molecule has 0 saturated heterocycles. The second-order valence-corrected chi connectivity index (χ2v) is 6.60. The molecule has 25 heavy (non-hydrogen) atoms. The third kappa shape index (κ3) is 3.40. The molecule has 0 amide bonds. The lowest BCUT2D eigenvalue weighted by Crippen LogP contribution is -2.43. The number of nitrogens with zero attached hydrogens (tertiary/aromatic N) is 2. The summed E-state index contributed by atoms with van der Waals surface area (Å²) in [6.07, 6.45) is 0.926. The number of rotatable bonds is 4. The quantitative estimate of drug-likeness (QED) is 0.929. The molecule has 0 spiro atoms. The van der Waals surface area contributed by atoms with Gasteiger partial charge >= 0.3 is 0 Å². The molecule has 5 nitrogen and oxygen atoms in total. The van der Waals surface area contributed by atoms with E-state index in [2.05, 4.69) is 31.2 Å². The first-order valence-corrected chi connectivity index (χ1v) is 8.35. The van der Waals surface area contributed by atoms with Crippen LogP contribution in [0.15, 0.2) is 47.5 Å². The summed E-state index contributed by atoms with van der Waals surface area (Å²) in [6.45, 7) is 3.03. The third-order valence-electron chi connectivity index (χ3n) is 4.86. The first-order chi connectivity index (χ1) is 11.9. The van der Waals surface area contributed by atoms with Crippen molar-refractivity contribution in [3.63, 3.8) is 0 Å². The molecule has 1 heterocycles. The normalized spacial score (nSPS) is 20.2. The average Bonchev–Trinajstić information content (AvgIpc) is 2.64. The Balaban J connectivity index is 2.03. The van der Waals surface area contributed by atoms with E-state index >= 15 is 0 Å². The van der Waals surface area contributed by atoms with E-state index in [4.69, 9.17) is 20.2 Å². The first-order valence-electron chi connectivity index (χ1n) is 8.35. The molecular weight excluding hydrogens is 314 g/mol. The third-order valence-corrected chi connectivity index (χ3v) is 4.86. The van der Waals surface area contributed by atoms with Crippen molar-refractivity contribution < 1.29 is 9.47 Å². The van der Waals surface area contributed by atoms with Gasteiger partial charge in [0.05, 0.1) is 19.8 Å². The number of nitrogens with two attached hydrogens (primary N) is 1. The van der Waals surface area contributed by atoms with E-state index in [-0.39, 0.29) is 5.54 Å². The minimum Gasteiger partial charge on any atom is -0.497 e. The summed E-state index contributed by atoms with van der Waals surface area (Å²) in [6, 6.07) is 14.3. The van der Waals surface area contributed by atoms with Crippen LogP contribution in [0, 0.1) is 0 Å². The molecule has 3 rings (SSSR count). The second-order valence-electron chi connectivity index (χ2n) is 6.60. The molecular formula is C20H25N3O2. The van der Waals surface area contributed by atoms with Crippen LogP contribution in [0.1, 0.15) is 18.9 Å². The molecule has 2 N–H and O–H groups in total. The molecule has 2 aromatic rings. The van der Waals surface area contributed by atoms with Crippen LogP contribution >= 0.6 is 0 Å². The molecule has 0 aliphatic carbocycles. The fourth-order valence-corrected chi connectivity index (χ4v) is 3.11. The predicted molar refractivity (Wildman–Crippen MR) is 101 cm³/mol. The van der Waals surface area contributed by atoms with Crippen molar-refractivity contribution >= 4 is 5.96 Å². The van der Waals surface area contributed by atoms with Crippen molar-refractivity contribution in [2.75, 3.05) is 27.8 Å². The molecule has 132 valence electrons. The van der Waals surface area contributed by atoms with Gasteiger partial charge in [-0.15, -0.1) is 0 Å². The molecule has 0 radical (unpaired) electrons. The Morgan fingerprint density at radius 3 is 2.32 bits per heavy atom. The fourth-order valence-electron chi connectivity index (χ4n) is 3.11. The lowest BCUT2D eigenvalue weighted by Gasteiger charge is -2.35. The van der Waals surface area contributed by atoms with Gasteiger partial charge in [0.2, 0.25) is 0 Å². The molecule has 0 aromatic heterocycles. The lowest BCUT2D eigenvalue weighted by molar-refractivity contribution is 0.339. The Labute approximate surface area is 149 Å². The number of hydrogen-bond acceptors (Lipinski definition) is 5. The summed E-state index contributed by atoms with van der Waals surface area (Å²) in [5.41, 5.74) is 9.05. The van der Waals surface area contributed by atoms with Crippen molar-refractivity contribution in [1.29, 1.82) is 0 Å². The molecule has 0 fully saturated rings. The van der Waals surface area contributed by atoms with Gasteiger partial charge in [0.15, 0.2) is 5.96 Å². The van der Waals surface area contributed by atoms with Crippen LogP contribution in [0.25, 0.3) is 11.1 Å². The number of aliphatic imine (C=N–C) groups is 1. The van der Waals surface area contributed by atoms with Crippen LogP contribution in [0.2, 0.25) is 0 Å².